The van der Waals surface area contributed by atoms with Crippen molar-refractivity contribution in [2.45, 2.75) is 26.7 Å². The molecule has 0 aromatic heterocycles. The van der Waals surface area contributed by atoms with Gasteiger partial charge >= 0.3 is 16.5 Å². The monoisotopic (exact) mass is 209 g/mol. The predicted octanol–water partition coefficient (Wildman–Crippen LogP) is 2.85. The van der Waals surface area contributed by atoms with Gasteiger partial charge in [0.1, 0.15) is 0 Å². The Balaban J connectivity index is 0. The molecular formula is C9H13NNiO. The maximum Gasteiger partial charge on any atom is 2.00 e. The molecule has 0 amide bonds. The molecule has 0 atom stereocenters. The van der Waals surface area contributed by atoms with Gasteiger partial charge in [0.15, 0.2) is 0 Å². The van der Waals surface area contributed by atoms with Gasteiger partial charge in [0.05, 0.1) is 0 Å². The van der Waals surface area contributed by atoms with E-state index in [2.05, 4.69) is 32.0 Å². The van der Waals surface area contributed by atoms with Crippen molar-refractivity contribution in [3.63, 3.8) is 0 Å². The molecule has 3 heteroatoms. The number of nitroso groups, excluding NO2 is 1. The summed E-state index contributed by atoms with van der Waals surface area (Å²) in [6.45, 7) is 4.41. The molecule has 0 heterocycles. The number of rotatable bonds is 2. The molecule has 0 unspecified atom stereocenters. The number of nitrogens with zero attached hydrogens (tertiary/aromatic N) is 1. The van der Waals surface area contributed by atoms with E-state index in [0.717, 1.165) is 0 Å². The Labute approximate surface area is 83.4 Å². The van der Waals surface area contributed by atoms with Crippen molar-refractivity contribution in [3.05, 3.63) is 39.8 Å². The van der Waals surface area contributed by atoms with Gasteiger partial charge in [0.25, 0.3) is 0 Å². The third-order valence-electron chi connectivity index (χ3n) is 1.77. The second-order valence-corrected chi connectivity index (χ2v) is 2.28. The Bertz CT molecular complexity index is 180. The third-order valence-corrected chi connectivity index (χ3v) is 1.77. The Morgan fingerprint density at radius 2 is 2.00 bits per heavy atom. The van der Waals surface area contributed by atoms with Crippen LogP contribution in [-0.4, -0.2) is 0 Å². The molecule has 0 aliphatic heterocycles. The molecule has 0 radical (unpaired) electrons. The number of hydrogen-bond donors (Lipinski definition) is 0. The fourth-order valence-electron chi connectivity index (χ4n) is 1.18. The molecule has 0 spiro atoms. The normalized spacial score (nSPS) is 7.83. The first kappa shape index (κ1) is 14.0. The van der Waals surface area contributed by atoms with Gasteiger partial charge in [-0.3, -0.25) is 0 Å². The van der Waals surface area contributed by atoms with Gasteiger partial charge in [0, 0.05) is 0 Å². The van der Waals surface area contributed by atoms with E-state index in [1.54, 1.807) is 0 Å². The van der Waals surface area contributed by atoms with Gasteiger partial charge in [-0.15, -0.1) is 0 Å². The third kappa shape index (κ3) is 3.73. The zero-order chi connectivity index (χ0) is 8.69. The van der Waals surface area contributed by atoms with Crippen molar-refractivity contribution in [2.75, 3.05) is 0 Å². The molecule has 12 heavy (non-hydrogen) atoms. The second kappa shape index (κ2) is 8.54. The van der Waals surface area contributed by atoms with Crippen molar-refractivity contribution in [1.82, 2.24) is 0 Å². The van der Waals surface area contributed by atoms with E-state index in [1.165, 1.54) is 24.0 Å². The quantitative estimate of drug-likeness (QED) is 0.546. The zero-order valence-corrected chi connectivity index (χ0v) is 8.31. The SMILES string of the molecule is CCc1ccc[c-]1CC.[N-]=O.[Ni+2]. The second-order valence-electron chi connectivity index (χ2n) is 2.28. The minimum Gasteiger partial charge on any atom is -0.577 e. The summed E-state index contributed by atoms with van der Waals surface area (Å²) in [7, 11) is 0. The van der Waals surface area contributed by atoms with E-state index in [9.17, 15) is 0 Å². The van der Waals surface area contributed by atoms with Crippen LogP contribution in [0, 0.1) is 4.91 Å². The molecule has 0 aliphatic carbocycles. The van der Waals surface area contributed by atoms with Gasteiger partial charge in [-0.1, -0.05) is 26.7 Å². The zero-order valence-electron chi connectivity index (χ0n) is 7.32. The van der Waals surface area contributed by atoms with Gasteiger partial charge < -0.3 is 10.5 Å². The van der Waals surface area contributed by atoms with Gasteiger partial charge in [-0.2, -0.15) is 17.2 Å². The van der Waals surface area contributed by atoms with Crippen LogP contribution >= 0.6 is 0 Å². The topological polar surface area (TPSA) is 39.4 Å². The molecule has 1 aromatic rings. The first-order valence-electron chi connectivity index (χ1n) is 3.80. The molecule has 70 valence electrons. The summed E-state index contributed by atoms with van der Waals surface area (Å²) in [4.78, 5) is 7.25. The van der Waals surface area contributed by atoms with Crippen LogP contribution in [0.5, 0.6) is 0 Å². The van der Waals surface area contributed by atoms with Crippen LogP contribution < -0.4 is 0 Å². The molecule has 0 fully saturated rings. The van der Waals surface area contributed by atoms with E-state index in [4.69, 9.17) is 10.5 Å². The smallest absolute Gasteiger partial charge is 0.577 e. The molecule has 1 rings (SSSR count). The van der Waals surface area contributed by atoms with Crippen molar-refractivity contribution in [3.8, 4) is 0 Å². The fraction of sp³-hybridized carbons (Fsp3) is 0.444. The van der Waals surface area contributed by atoms with E-state index in [1.807, 2.05) is 0 Å². The van der Waals surface area contributed by atoms with Crippen LogP contribution in [0.2, 0.25) is 0 Å². The molecule has 1 aromatic carbocycles. The summed E-state index contributed by atoms with van der Waals surface area (Å²) in [6.07, 6.45) is 2.35. The van der Waals surface area contributed by atoms with Crippen molar-refractivity contribution < 1.29 is 16.5 Å². The largest absolute Gasteiger partial charge is 2.00 e. The Kier molecular flexibility index (Phi) is 9.96. The molecule has 0 aliphatic rings. The van der Waals surface area contributed by atoms with Crippen LogP contribution in [-0.2, 0) is 29.3 Å². The molecule has 0 N–H and O–H groups in total. The van der Waals surface area contributed by atoms with Gasteiger partial charge in [0.2, 0.25) is 0 Å². The Hall–Kier alpha value is -0.556. The van der Waals surface area contributed by atoms with Crippen LogP contribution in [0.15, 0.2) is 18.2 Å². The van der Waals surface area contributed by atoms with Gasteiger partial charge in [-0.05, 0) is 0 Å². The van der Waals surface area contributed by atoms with Crippen LogP contribution in [0.3, 0.4) is 0 Å². The maximum atomic E-state index is 7.25. The van der Waals surface area contributed by atoms with Crippen LogP contribution in [0.1, 0.15) is 25.0 Å². The average Bonchev–Trinajstić information content (AvgIpc) is 2.54. The summed E-state index contributed by atoms with van der Waals surface area (Å²) in [5.41, 5.74) is 8.77. The molecular weight excluding hydrogens is 197 g/mol. The van der Waals surface area contributed by atoms with E-state index in [-0.39, 0.29) is 16.5 Å². The number of aryl methyl sites for hydroxylation is 2. The minimum atomic E-state index is 0. The molecule has 0 saturated heterocycles. The van der Waals surface area contributed by atoms with Crippen LogP contribution in [0.25, 0.3) is 5.59 Å². The van der Waals surface area contributed by atoms with Crippen molar-refractivity contribution >= 4 is 0 Å². The van der Waals surface area contributed by atoms with E-state index >= 15 is 0 Å². The standard InChI is InChI=1S/C9H13.NO.Ni/c1-3-8-6-5-7-9(8)4-2;1-2;/h5-7H,3-4H2,1-2H3;;/q2*-1;+2. The van der Waals surface area contributed by atoms with Crippen molar-refractivity contribution in [2.24, 2.45) is 0 Å². The summed E-state index contributed by atoms with van der Waals surface area (Å²) in [5, 5.41) is 0. The summed E-state index contributed by atoms with van der Waals surface area (Å²) >= 11 is 0. The van der Waals surface area contributed by atoms with E-state index in [0.29, 0.717) is 0 Å². The summed E-state index contributed by atoms with van der Waals surface area (Å²) in [5.74, 6) is 0. The average molecular weight is 210 g/mol. The predicted molar refractivity (Wildman–Crippen MR) is 47.5 cm³/mol. The number of hydrogen-bond acceptors (Lipinski definition) is 1. The Morgan fingerprint density at radius 3 is 2.33 bits per heavy atom. The van der Waals surface area contributed by atoms with Crippen LogP contribution in [0.4, 0.5) is 0 Å². The van der Waals surface area contributed by atoms with Crippen molar-refractivity contribution in [1.29, 1.82) is 0 Å². The molecule has 0 bridgehead atoms. The molecule has 0 saturated carbocycles. The van der Waals surface area contributed by atoms with Gasteiger partial charge in [-0.25, -0.2) is 12.1 Å². The fourth-order valence-corrected chi connectivity index (χ4v) is 1.18. The molecule has 2 nitrogen and oxygen atoms in total. The van der Waals surface area contributed by atoms with E-state index < -0.39 is 0 Å². The summed E-state index contributed by atoms with van der Waals surface area (Å²) < 4.78 is 0. The summed E-state index contributed by atoms with van der Waals surface area (Å²) in [6, 6.07) is 6.55. The Morgan fingerprint density at radius 1 is 1.42 bits per heavy atom. The maximum absolute atomic E-state index is 7.25. The first-order chi connectivity index (χ1) is 5.38. The first-order valence-corrected chi connectivity index (χ1v) is 3.80. The minimum absolute atomic E-state index is 0.